The first-order valence-corrected chi connectivity index (χ1v) is 7.94. The lowest BCUT2D eigenvalue weighted by atomic mass is 9.95. The number of benzene rings is 2. The van der Waals surface area contributed by atoms with Crippen molar-refractivity contribution in [1.29, 1.82) is 0 Å². The number of nitrogens with one attached hydrogen (secondary N) is 2. The van der Waals surface area contributed by atoms with Crippen LogP contribution in [0.4, 0.5) is 0 Å². The molecule has 1 saturated carbocycles. The number of methoxy groups -OCH3 is 1. The van der Waals surface area contributed by atoms with E-state index in [0.717, 1.165) is 18.4 Å². The molecule has 2 amide bonds. The zero-order valence-corrected chi connectivity index (χ0v) is 13.9. The second kappa shape index (κ2) is 6.53. The normalized spacial score (nSPS) is 14.6. The SMILES string of the molecule is COc1cc(Cl)ccc1C(=O)NNC(=O)C1(c2ccccc2)CC1. The summed E-state index contributed by atoms with van der Waals surface area (Å²) in [5.74, 6) is -0.325. The fourth-order valence-corrected chi connectivity index (χ4v) is 2.84. The molecule has 0 radical (unpaired) electrons. The molecule has 0 spiro atoms. The lowest BCUT2D eigenvalue weighted by molar-refractivity contribution is -0.124. The molecule has 2 aromatic rings. The van der Waals surface area contributed by atoms with Crippen LogP contribution in [0, 0.1) is 0 Å². The standard InChI is InChI=1S/C18H17ClN2O3/c1-24-15-11-13(19)7-8-14(15)16(22)20-21-17(23)18(9-10-18)12-5-3-2-4-6-12/h2-8,11H,9-10H2,1H3,(H,20,22)(H,21,23). The zero-order valence-electron chi connectivity index (χ0n) is 13.1. The fraction of sp³-hybridized carbons (Fsp3) is 0.222. The van der Waals surface area contributed by atoms with Gasteiger partial charge >= 0.3 is 0 Å². The van der Waals surface area contributed by atoms with Gasteiger partial charge in [-0.2, -0.15) is 0 Å². The minimum atomic E-state index is -0.543. The summed E-state index contributed by atoms with van der Waals surface area (Å²) in [6.07, 6.45) is 1.53. The maximum Gasteiger partial charge on any atom is 0.273 e. The quantitative estimate of drug-likeness (QED) is 0.838. The number of carbonyl (C=O) groups is 2. The number of amides is 2. The second-order valence-corrected chi connectivity index (χ2v) is 6.14. The molecule has 0 aromatic heterocycles. The predicted octanol–water partition coefficient (Wildman–Crippen LogP) is 2.84. The van der Waals surface area contributed by atoms with E-state index in [4.69, 9.17) is 16.3 Å². The van der Waals surface area contributed by atoms with Gasteiger partial charge in [0.25, 0.3) is 5.91 Å². The average Bonchev–Trinajstić information content (AvgIpc) is 3.42. The summed E-state index contributed by atoms with van der Waals surface area (Å²) in [6.45, 7) is 0. The Morgan fingerprint density at radius 3 is 2.42 bits per heavy atom. The Labute approximate surface area is 144 Å². The van der Waals surface area contributed by atoms with Gasteiger partial charge < -0.3 is 4.74 Å². The molecule has 1 aliphatic rings. The van der Waals surface area contributed by atoms with Crippen LogP contribution in [-0.2, 0) is 10.2 Å². The molecule has 0 unspecified atom stereocenters. The van der Waals surface area contributed by atoms with Crippen LogP contribution >= 0.6 is 11.6 Å². The van der Waals surface area contributed by atoms with Crippen molar-refractivity contribution in [1.82, 2.24) is 10.9 Å². The van der Waals surface area contributed by atoms with Crippen LogP contribution in [-0.4, -0.2) is 18.9 Å². The van der Waals surface area contributed by atoms with Crippen LogP contribution in [0.2, 0.25) is 5.02 Å². The Morgan fingerprint density at radius 2 is 1.79 bits per heavy atom. The summed E-state index contributed by atoms with van der Waals surface area (Å²) in [5, 5.41) is 0.466. The molecule has 3 rings (SSSR count). The molecule has 24 heavy (non-hydrogen) atoms. The van der Waals surface area contributed by atoms with Gasteiger partial charge in [-0.3, -0.25) is 20.4 Å². The fourth-order valence-electron chi connectivity index (χ4n) is 2.68. The molecule has 1 fully saturated rings. The van der Waals surface area contributed by atoms with Crippen molar-refractivity contribution in [2.24, 2.45) is 0 Å². The van der Waals surface area contributed by atoms with Crippen molar-refractivity contribution in [2.75, 3.05) is 7.11 Å². The topological polar surface area (TPSA) is 67.4 Å². The Kier molecular flexibility index (Phi) is 4.44. The van der Waals surface area contributed by atoms with Crippen LogP contribution in [0.25, 0.3) is 0 Å². The third kappa shape index (κ3) is 3.08. The molecule has 2 N–H and O–H groups in total. The number of hydrogen-bond acceptors (Lipinski definition) is 3. The highest BCUT2D eigenvalue weighted by molar-refractivity contribution is 6.30. The van der Waals surface area contributed by atoms with E-state index in [2.05, 4.69) is 10.9 Å². The summed E-state index contributed by atoms with van der Waals surface area (Å²) in [5.41, 5.74) is 5.68. The molecule has 0 heterocycles. The molecule has 0 atom stereocenters. The highest BCUT2D eigenvalue weighted by Crippen LogP contribution is 2.48. The first kappa shape index (κ1) is 16.3. The number of hydrogen-bond donors (Lipinski definition) is 2. The van der Waals surface area contributed by atoms with Gasteiger partial charge in [-0.15, -0.1) is 0 Å². The third-order valence-electron chi connectivity index (χ3n) is 4.21. The van der Waals surface area contributed by atoms with E-state index >= 15 is 0 Å². The van der Waals surface area contributed by atoms with Crippen LogP contribution in [0.1, 0.15) is 28.8 Å². The van der Waals surface area contributed by atoms with Gasteiger partial charge in [0.15, 0.2) is 0 Å². The lowest BCUT2D eigenvalue weighted by Gasteiger charge is -2.16. The Balaban J connectivity index is 1.68. The third-order valence-corrected chi connectivity index (χ3v) is 4.44. The molecule has 1 aliphatic carbocycles. The minimum absolute atomic E-state index is 0.213. The molecule has 0 aliphatic heterocycles. The number of carbonyl (C=O) groups excluding carboxylic acids is 2. The van der Waals surface area contributed by atoms with Crippen molar-refractivity contribution in [3.05, 3.63) is 64.7 Å². The molecule has 0 bridgehead atoms. The number of ether oxygens (including phenoxy) is 1. The van der Waals surface area contributed by atoms with Gasteiger partial charge in [0.1, 0.15) is 5.75 Å². The predicted molar refractivity (Wildman–Crippen MR) is 91.0 cm³/mol. The van der Waals surface area contributed by atoms with Crippen molar-refractivity contribution < 1.29 is 14.3 Å². The number of rotatable bonds is 4. The van der Waals surface area contributed by atoms with Gasteiger partial charge in [-0.05, 0) is 36.6 Å². The summed E-state index contributed by atoms with van der Waals surface area (Å²) in [4.78, 5) is 24.8. The Morgan fingerprint density at radius 1 is 1.08 bits per heavy atom. The first-order valence-electron chi connectivity index (χ1n) is 7.57. The smallest absolute Gasteiger partial charge is 0.273 e. The first-order chi connectivity index (χ1) is 11.6. The van der Waals surface area contributed by atoms with Crippen LogP contribution < -0.4 is 15.6 Å². The van der Waals surface area contributed by atoms with Crippen molar-refractivity contribution in [3.63, 3.8) is 0 Å². The molecular weight excluding hydrogens is 328 g/mol. The monoisotopic (exact) mass is 344 g/mol. The molecule has 124 valence electrons. The molecule has 6 heteroatoms. The van der Waals surface area contributed by atoms with Gasteiger partial charge in [0.05, 0.1) is 18.1 Å². The van der Waals surface area contributed by atoms with E-state index < -0.39 is 11.3 Å². The number of hydrazine groups is 1. The number of halogens is 1. The summed E-state index contributed by atoms with van der Waals surface area (Å²) in [7, 11) is 1.45. The van der Waals surface area contributed by atoms with E-state index in [-0.39, 0.29) is 5.91 Å². The molecule has 0 saturated heterocycles. The second-order valence-electron chi connectivity index (χ2n) is 5.70. The molecule has 2 aromatic carbocycles. The van der Waals surface area contributed by atoms with E-state index in [9.17, 15) is 9.59 Å². The van der Waals surface area contributed by atoms with Crippen molar-refractivity contribution in [3.8, 4) is 5.75 Å². The molecular formula is C18H17ClN2O3. The van der Waals surface area contributed by atoms with Gasteiger partial charge in [0, 0.05) is 5.02 Å². The lowest BCUT2D eigenvalue weighted by Crippen LogP contribution is -2.46. The van der Waals surface area contributed by atoms with Crippen LogP contribution in [0.5, 0.6) is 5.75 Å². The van der Waals surface area contributed by atoms with Gasteiger partial charge in [-0.1, -0.05) is 41.9 Å². The van der Waals surface area contributed by atoms with E-state index in [0.29, 0.717) is 16.3 Å². The van der Waals surface area contributed by atoms with E-state index in [1.54, 1.807) is 18.2 Å². The Hall–Kier alpha value is -2.53. The van der Waals surface area contributed by atoms with Crippen molar-refractivity contribution >= 4 is 23.4 Å². The van der Waals surface area contributed by atoms with E-state index in [1.807, 2.05) is 30.3 Å². The summed E-state index contributed by atoms with van der Waals surface area (Å²) in [6, 6.07) is 14.3. The summed E-state index contributed by atoms with van der Waals surface area (Å²) >= 11 is 5.88. The maximum absolute atomic E-state index is 12.5. The largest absolute Gasteiger partial charge is 0.496 e. The van der Waals surface area contributed by atoms with Crippen LogP contribution in [0.15, 0.2) is 48.5 Å². The maximum atomic E-state index is 12.5. The van der Waals surface area contributed by atoms with E-state index in [1.165, 1.54) is 7.11 Å². The van der Waals surface area contributed by atoms with Crippen LogP contribution in [0.3, 0.4) is 0 Å². The minimum Gasteiger partial charge on any atom is -0.496 e. The van der Waals surface area contributed by atoms with Crippen molar-refractivity contribution in [2.45, 2.75) is 18.3 Å². The zero-order chi connectivity index (χ0) is 17.2. The van der Waals surface area contributed by atoms with Gasteiger partial charge in [-0.25, -0.2) is 0 Å². The average molecular weight is 345 g/mol. The Bertz CT molecular complexity index is 773. The summed E-state index contributed by atoms with van der Waals surface area (Å²) < 4.78 is 5.15. The molecule has 5 nitrogen and oxygen atoms in total. The van der Waals surface area contributed by atoms with Gasteiger partial charge in [0.2, 0.25) is 5.91 Å². The highest BCUT2D eigenvalue weighted by Gasteiger charge is 2.51. The highest BCUT2D eigenvalue weighted by atomic mass is 35.5.